The minimum Gasteiger partial charge on any atom is -0.374 e. The van der Waals surface area contributed by atoms with Crippen LogP contribution in [0, 0.1) is 0 Å². The first-order valence-corrected chi connectivity index (χ1v) is 9.67. The summed E-state index contributed by atoms with van der Waals surface area (Å²) in [6.45, 7) is 4.18. The molecule has 9 nitrogen and oxygen atoms in total. The molecule has 11 heteroatoms. The topological polar surface area (TPSA) is 116 Å². The van der Waals surface area contributed by atoms with Crippen LogP contribution in [0.4, 0.5) is 11.6 Å². The van der Waals surface area contributed by atoms with Gasteiger partial charge in [-0.2, -0.15) is 4.98 Å². The van der Waals surface area contributed by atoms with Crippen LogP contribution >= 0.6 is 11.6 Å². The van der Waals surface area contributed by atoms with E-state index < -0.39 is 23.3 Å². The van der Waals surface area contributed by atoms with Crippen molar-refractivity contribution >= 4 is 45.1 Å². The molecule has 0 saturated carbocycles. The van der Waals surface area contributed by atoms with Crippen LogP contribution in [-0.4, -0.2) is 71.4 Å². The Labute approximate surface area is 152 Å². The van der Waals surface area contributed by atoms with Crippen molar-refractivity contribution in [2.75, 3.05) is 34.4 Å². The summed E-state index contributed by atoms with van der Waals surface area (Å²) in [5.74, 6) is 1.90. The molecule has 1 saturated heterocycles. The molecule has 2 N–H and O–H groups in total. The Bertz CT molecular complexity index is 787. The summed E-state index contributed by atoms with van der Waals surface area (Å²) in [6, 6.07) is 0. The fourth-order valence-corrected chi connectivity index (χ4v) is 4.04. The quantitative estimate of drug-likeness (QED) is 0.558. The maximum Gasteiger partial charge on any atom is 0.225 e. The largest absolute Gasteiger partial charge is 0.374 e. The number of halogens is 1. The molecule has 136 valence electrons. The molecule has 2 aromatic heterocycles. The zero-order chi connectivity index (χ0) is 18.1. The lowest BCUT2D eigenvalue weighted by atomic mass is 10.3. The fourth-order valence-electron chi connectivity index (χ4n) is 2.82. The number of hydrogen-bond acceptors (Lipinski definition) is 9. The Morgan fingerprint density at radius 1 is 1.16 bits per heavy atom. The van der Waals surface area contributed by atoms with E-state index in [0.717, 1.165) is 0 Å². The van der Waals surface area contributed by atoms with Crippen LogP contribution in [0.1, 0.15) is 13.8 Å². The normalized spacial score (nSPS) is 18.4. The lowest BCUT2D eigenvalue weighted by Crippen LogP contribution is -2.41. The Kier molecular flexibility index (Phi) is 5.32. The van der Waals surface area contributed by atoms with Crippen LogP contribution in [0.5, 0.6) is 0 Å². The molecule has 25 heavy (non-hydrogen) atoms. The molecule has 0 amide bonds. The number of hydrogen-bond donors (Lipinski definition) is 2. The highest BCUT2D eigenvalue weighted by atomic mass is 35.5. The van der Waals surface area contributed by atoms with E-state index in [9.17, 15) is 14.4 Å². The first-order chi connectivity index (χ1) is 11.9. The Balaban J connectivity index is 2.15. The summed E-state index contributed by atoms with van der Waals surface area (Å²) in [7, 11) is -0.823. The van der Waals surface area contributed by atoms with E-state index in [-0.39, 0.29) is 11.1 Å². The van der Waals surface area contributed by atoms with Gasteiger partial charge in [0.1, 0.15) is 29.8 Å². The van der Waals surface area contributed by atoms with Gasteiger partial charge in [-0.15, -0.1) is 0 Å². The minimum atomic E-state index is -0.993. The van der Waals surface area contributed by atoms with Gasteiger partial charge in [0.05, 0.1) is 0 Å². The third-order valence-corrected chi connectivity index (χ3v) is 5.39. The summed E-state index contributed by atoms with van der Waals surface area (Å²) in [4.78, 5) is 20.2. The van der Waals surface area contributed by atoms with Crippen molar-refractivity contribution in [2.45, 2.75) is 26.3 Å². The van der Waals surface area contributed by atoms with Crippen LogP contribution in [-0.2, 0) is 10.8 Å². The van der Waals surface area contributed by atoms with E-state index in [0.29, 0.717) is 41.4 Å². The molecule has 2 unspecified atom stereocenters. The second-order valence-corrected chi connectivity index (χ2v) is 7.75. The lowest BCUT2D eigenvalue weighted by Gasteiger charge is -2.31. The lowest BCUT2D eigenvalue weighted by molar-refractivity contribution is 0.104. The van der Waals surface area contributed by atoms with Crippen molar-refractivity contribution in [2.24, 2.45) is 0 Å². The molecule has 1 aliphatic rings. The highest BCUT2D eigenvalue weighted by Gasteiger charge is 2.26. The predicted molar refractivity (Wildman–Crippen MR) is 96.1 cm³/mol. The average Bonchev–Trinajstić information content (AvgIpc) is 2.55. The van der Waals surface area contributed by atoms with E-state index >= 15 is 0 Å². The van der Waals surface area contributed by atoms with E-state index in [4.69, 9.17) is 11.6 Å². The summed E-state index contributed by atoms with van der Waals surface area (Å²) < 4.78 is 11.6. The number of rotatable bonds is 4. The summed E-state index contributed by atoms with van der Waals surface area (Å²) in [5, 5.41) is 20.0. The minimum absolute atomic E-state index is 0.0152. The Morgan fingerprint density at radius 2 is 1.80 bits per heavy atom. The molecule has 0 spiro atoms. The zero-order valence-electron chi connectivity index (χ0n) is 13.8. The van der Waals surface area contributed by atoms with E-state index in [2.05, 4.69) is 19.9 Å². The van der Waals surface area contributed by atoms with Crippen LogP contribution in [0.15, 0.2) is 6.33 Å². The molecule has 2 aromatic rings. The zero-order valence-corrected chi connectivity index (χ0v) is 15.4. The van der Waals surface area contributed by atoms with Gasteiger partial charge in [0.15, 0.2) is 11.6 Å². The summed E-state index contributed by atoms with van der Waals surface area (Å²) >= 11 is 6.10. The number of aliphatic hydroxyl groups is 2. The standard InChI is InChI=1S/C14H19ClN6O3S/c1-8(22)21(9(2)23)12-11-10(16-7-17-12)13(19-14(15)18-11)20-3-5-25(24)6-4-20/h7-9,22-23H,3-6H2,1-2H3. The van der Waals surface area contributed by atoms with Crippen molar-refractivity contribution in [3.8, 4) is 0 Å². The van der Waals surface area contributed by atoms with Crippen LogP contribution in [0.25, 0.3) is 11.0 Å². The first-order valence-electron chi connectivity index (χ1n) is 7.81. The van der Waals surface area contributed by atoms with Crippen molar-refractivity contribution < 1.29 is 14.4 Å². The molecule has 0 bridgehead atoms. The highest BCUT2D eigenvalue weighted by molar-refractivity contribution is 7.85. The molecule has 1 aliphatic heterocycles. The third kappa shape index (κ3) is 3.66. The second-order valence-electron chi connectivity index (χ2n) is 5.72. The number of aromatic nitrogens is 4. The molecule has 3 heterocycles. The van der Waals surface area contributed by atoms with E-state index in [1.165, 1.54) is 25.1 Å². The van der Waals surface area contributed by atoms with Gasteiger partial charge in [0.25, 0.3) is 0 Å². The van der Waals surface area contributed by atoms with Gasteiger partial charge in [-0.25, -0.2) is 15.0 Å². The van der Waals surface area contributed by atoms with Gasteiger partial charge in [0.2, 0.25) is 5.28 Å². The third-order valence-electron chi connectivity index (χ3n) is 3.94. The monoisotopic (exact) mass is 386 g/mol. The van der Waals surface area contributed by atoms with Gasteiger partial charge in [0, 0.05) is 35.4 Å². The summed E-state index contributed by atoms with van der Waals surface area (Å²) in [6.07, 6.45) is -0.654. The molecule has 0 radical (unpaired) electrons. The van der Waals surface area contributed by atoms with Crippen molar-refractivity contribution in [1.82, 2.24) is 19.9 Å². The SMILES string of the molecule is CC(O)N(c1ncnc2c(N3CCS(=O)CC3)nc(Cl)nc12)C(C)O. The fraction of sp³-hybridized carbons (Fsp3) is 0.571. The van der Waals surface area contributed by atoms with Gasteiger partial charge in [-0.05, 0) is 25.4 Å². The predicted octanol–water partition coefficient (Wildman–Crippen LogP) is 0.125. The Hall–Kier alpha value is -1.62. The van der Waals surface area contributed by atoms with E-state index in [1.807, 2.05) is 4.90 Å². The van der Waals surface area contributed by atoms with Crippen molar-refractivity contribution in [3.05, 3.63) is 11.6 Å². The first kappa shape index (κ1) is 18.2. The molecular weight excluding hydrogens is 368 g/mol. The van der Waals surface area contributed by atoms with Crippen molar-refractivity contribution in [3.63, 3.8) is 0 Å². The highest BCUT2D eigenvalue weighted by Crippen LogP contribution is 2.30. The smallest absolute Gasteiger partial charge is 0.225 e. The number of fused-ring (bicyclic) bond motifs is 1. The van der Waals surface area contributed by atoms with Crippen LogP contribution < -0.4 is 9.80 Å². The van der Waals surface area contributed by atoms with Crippen LogP contribution in [0.2, 0.25) is 5.28 Å². The molecule has 0 aromatic carbocycles. The van der Waals surface area contributed by atoms with Crippen LogP contribution in [0.3, 0.4) is 0 Å². The second kappa shape index (κ2) is 7.32. The van der Waals surface area contributed by atoms with Crippen molar-refractivity contribution in [1.29, 1.82) is 0 Å². The van der Waals surface area contributed by atoms with Gasteiger partial charge >= 0.3 is 0 Å². The van der Waals surface area contributed by atoms with Gasteiger partial charge in [-0.1, -0.05) is 0 Å². The van der Waals surface area contributed by atoms with Gasteiger partial charge < -0.3 is 20.0 Å². The van der Waals surface area contributed by atoms with Gasteiger partial charge in [-0.3, -0.25) is 4.21 Å². The molecule has 0 aliphatic carbocycles. The number of nitrogens with zero attached hydrogens (tertiary/aromatic N) is 6. The maximum absolute atomic E-state index is 11.6. The molecular formula is C14H19ClN6O3S. The average molecular weight is 387 g/mol. The number of aliphatic hydroxyl groups excluding tert-OH is 2. The Morgan fingerprint density at radius 3 is 2.40 bits per heavy atom. The molecule has 1 fully saturated rings. The summed E-state index contributed by atoms with van der Waals surface area (Å²) in [5.41, 5.74) is 0.805. The van der Waals surface area contributed by atoms with E-state index in [1.54, 1.807) is 0 Å². The number of anilines is 2. The maximum atomic E-state index is 11.6. The molecule has 3 rings (SSSR count). The molecule has 2 atom stereocenters.